The maximum Gasteiger partial charge on any atom is 0.326 e. The zero-order valence-corrected chi connectivity index (χ0v) is 15.9. The summed E-state index contributed by atoms with van der Waals surface area (Å²) >= 11 is 3.30. The Morgan fingerprint density at radius 2 is 1.63 bits per heavy atom. The molecule has 5 nitrogen and oxygen atoms in total. The third-order valence-electron chi connectivity index (χ3n) is 4.12. The number of carbonyl (C=O) groups is 2. The van der Waals surface area contributed by atoms with Crippen LogP contribution < -0.4 is 5.32 Å². The van der Waals surface area contributed by atoms with Crippen molar-refractivity contribution in [3.63, 3.8) is 0 Å². The van der Waals surface area contributed by atoms with Crippen LogP contribution >= 0.6 is 15.9 Å². The minimum Gasteiger partial charge on any atom is -0.480 e. The smallest absolute Gasteiger partial charge is 0.326 e. The van der Waals surface area contributed by atoms with Gasteiger partial charge in [-0.3, -0.25) is 4.79 Å². The molecule has 1 amide bonds. The molecule has 1 heterocycles. The van der Waals surface area contributed by atoms with Crippen molar-refractivity contribution < 1.29 is 14.7 Å². The normalized spacial score (nSPS) is 11.6. The lowest BCUT2D eigenvalue weighted by atomic mass is 10.0. The Balaban J connectivity index is 1.72. The molecule has 0 fully saturated rings. The summed E-state index contributed by atoms with van der Waals surface area (Å²) in [6.07, 6.45) is 1.74. The van der Waals surface area contributed by atoms with Gasteiger partial charge in [0.15, 0.2) is 0 Å². The Morgan fingerprint density at radius 3 is 2.26 bits per heavy atom. The van der Waals surface area contributed by atoms with Crippen LogP contribution in [0, 0.1) is 0 Å². The van der Waals surface area contributed by atoms with Gasteiger partial charge in [0.25, 0.3) is 5.91 Å². The number of hydrogen-bond donors (Lipinski definition) is 2. The molecule has 6 heteroatoms. The van der Waals surface area contributed by atoms with E-state index in [1.165, 1.54) is 0 Å². The number of carbonyl (C=O) groups excluding carboxylic acids is 1. The SMILES string of the molecule is O=C(N[C@H](Cc1cccnc1Br)C(=O)O)c1ccc(-c2ccccc2)cc1. The molecule has 0 radical (unpaired) electrons. The van der Waals surface area contributed by atoms with Crippen LogP contribution in [0.4, 0.5) is 0 Å². The van der Waals surface area contributed by atoms with Crippen molar-refractivity contribution in [3.8, 4) is 11.1 Å². The zero-order chi connectivity index (χ0) is 19.2. The predicted molar refractivity (Wildman–Crippen MR) is 106 cm³/mol. The van der Waals surface area contributed by atoms with Crippen molar-refractivity contribution >= 4 is 27.8 Å². The molecule has 0 unspecified atom stereocenters. The van der Waals surface area contributed by atoms with Gasteiger partial charge in [0, 0.05) is 18.2 Å². The van der Waals surface area contributed by atoms with E-state index < -0.39 is 17.9 Å². The average molecular weight is 425 g/mol. The summed E-state index contributed by atoms with van der Waals surface area (Å²) in [5.74, 6) is -1.53. The first-order chi connectivity index (χ1) is 13.0. The van der Waals surface area contributed by atoms with Gasteiger partial charge < -0.3 is 10.4 Å². The van der Waals surface area contributed by atoms with Crippen LogP contribution in [-0.4, -0.2) is 28.0 Å². The summed E-state index contributed by atoms with van der Waals surface area (Å²) in [6, 6.07) is 19.3. The van der Waals surface area contributed by atoms with E-state index >= 15 is 0 Å². The maximum atomic E-state index is 12.5. The molecule has 2 aromatic carbocycles. The van der Waals surface area contributed by atoms with Crippen LogP contribution in [-0.2, 0) is 11.2 Å². The summed E-state index contributed by atoms with van der Waals surface area (Å²) in [5.41, 5.74) is 3.16. The number of aromatic nitrogens is 1. The monoisotopic (exact) mass is 424 g/mol. The van der Waals surface area contributed by atoms with Crippen LogP contribution in [0.3, 0.4) is 0 Å². The Hall–Kier alpha value is -2.99. The second-order valence-corrected chi connectivity index (χ2v) is 6.72. The number of hydrogen-bond acceptors (Lipinski definition) is 3. The zero-order valence-electron chi connectivity index (χ0n) is 14.3. The molecule has 0 aliphatic rings. The fourth-order valence-corrected chi connectivity index (χ4v) is 3.09. The summed E-state index contributed by atoms with van der Waals surface area (Å²) in [5, 5.41) is 12.0. The minimum absolute atomic E-state index is 0.137. The van der Waals surface area contributed by atoms with Crippen LogP contribution in [0.15, 0.2) is 77.5 Å². The van der Waals surface area contributed by atoms with E-state index in [1.54, 1.807) is 30.5 Å². The van der Waals surface area contributed by atoms with E-state index in [4.69, 9.17) is 0 Å². The van der Waals surface area contributed by atoms with E-state index in [2.05, 4.69) is 26.2 Å². The van der Waals surface area contributed by atoms with Crippen LogP contribution in [0.25, 0.3) is 11.1 Å². The topological polar surface area (TPSA) is 79.3 Å². The Morgan fingerprint density at radius 1 is 0.963 bits per heavy atom. The molecule has 136 valence electrons. The fraction of sp³-hybridized carbons (Fsp3) is 0.0952. The Labute approximate surface area is 165 Å². The highest BCUT2D eigenvalue weighted by atomic mass is 79.9. The number of pyridine rings is 1. The molecule has 1 aromatic heterocycles. The van der Waals surface area contributed by atoms with Gasteiger partial charge in [-0.05, 0) is 50.8 Å². The molecule has 27 heavy (non-hydrogen) atoms. The molecule has 0 spiro atoms. The fourth-order valence-electron chi connectivity index (χ4n) is 2.68. The number of benzene rings is 2. The standard InChI is InChI=1S/C21H17BrN2O3/c22-19-17(7-4-12-23-19)13-18(21(26)27)24-20(25)16-10-8-15(9-11-16)14-5-2-1-3-6-14/h1-12,18H,13H2,(H,24,25)(H,26,27)/t18-/m1/s1. The van der Waals surface area contributed by atoms with Gasteiger partial charge >= 0.3 is 5.97 Å². The van der Waals surface area contributed by atoms with Crippen molar-refractivity contribution in [2.75, 3.05) is 0 Å². The number of carboxylic acid groups (broad SMARTS) is 1. The molecule has 0 saturated carbocycles. The second kappa shape index (κ2) is 8.60. The highest BCUT2D eigenvalue weighted by Gasteiger charge is 2.22. The first-order valence-electron chi connectivity index (χ1n) is 8.33. The van der Waals surface area contributed by atoms with Crippen LogP contribution in [0.1, 0.15) is 15.9 Å². The molecule has 0 saturated heterocycles. The molecule has 0 bridgehead atoms. The number of rotatable bonds is 6. The van der Waals surface area contributed by atoms with Gasteiger partial charge in [-0.25, -0.2) is 9.78 Å². The first kappa shape index (κ1) is 18.8. The lowest BCUT2D eigenvalue weighted by Crippen LogP contribution is -2.42. The second-order valence-electron chi connectivity index (χ2n) is 5.97. The maximum absolute atomic E-state index is 12.5. The first-order valence-corrected chi connectivity index (χ1v) is 9.12. The number of halogens is 1. The molecule has 2 N–H and O–H groups in total. The third-order valence-corrected chi connectivity index (χ3v) is 4.83. The van der Waals surface area contributed by atoms with E-state index in [1.807, 2.05) is 42.5 Å². The summed E-state index contributed by atoms with van der Waals surface area (Å²) in [6.45, 7) is 0. The molecular weight excluding hydrogens is 408 g/mol. The highest BCUT2D eigenvalue weighted by molar-refractivity contribution is 9.10. The van der Waals surface area contributed by atoms with Crippen LogP contribution in [0.2, 0.25) is 0 Å². The molecule has 0 aliphatic carbocycles. The summed E-state index contributed by atoms with van der Waals surface area (Å²) < 4.78 is 0.567. The van der Waals surface area contributed by atoms with Gasteiger partial charge in [-0.1, -0.05) is 48.5 Å². The average Bonchev–Trinajstić information content (AvgIpc) is 2.69. The van der Waals surface area contributed by atoms with Gasteiger partial charge in [0.2, 0.25) is 0 Å². The number of nitrogens with zero attached hydrogens (tertiary/aromatic N) is 1. The van der Waals surface area contributed by atoms with Crippen LogP contribution in [0.5, 0.6) is 0 Å². The van der Waals surface area contributed by atoms with Gasteiger partial charge in [0.1, 0.15) is 10.6 Å². The van der Waals surface area contributed by atoms with E-state index in [0.29, 0.717) is 15.7 Å². The highest BCUT2D eigenvalue weighted by Crippen LogP contribution is 2.19. The van der Waals surface area contributed by atoms with Crippen molar-refractivity contribution in [1.29, 1.82) is 0 Å². The van der Waals surface area contributed by atoms with E-state index in [9.17, 15) is 14.7 Å². The van der Waals surface area contributed by atoms with E-state index in [0.717, 1.165) is 11.1 Å². The van der Waals surface area contributed by atoms with Gasteiger partial charge in [-0.2, -0.15) is 0 Å². The lowest BCUT2D eigenvalue weighted by molar-refractivity contribution is -0.139. The minimum atomic E-state index is -1.10. The molecule has 3 aromatic rings. The number of aliphatic carboxylic acids is 1. The molecular formula is C21H17BrN2O3. The Bertz CT molecular complexity index is 943. The molecule has 0 aliphatic heterocycles. The quantitative estimate of drug-likeness (QED) is 0.587. The molecule has 1 atom stereocenters. The predicted octanol–water partition coefficient (Wildman–Crippen LogP) is 3.94. The van der Waals surface area contributed by atoms with Gasteiger partial charge in [0.05, 0.1) is 0 Å². The Kier molecular flexibility index (Phi) is 5.98. The molecule has 3 rings (SSSR count). The number of nitrogens with one attached hydrogen (secondary N) is 1. The van der Waals surface area contributed by atoms with Crippen molar-refractivity contribution in [3.05, 3.63) is 88.7 Å². The largest absolute Gasteiger partial charge is 0.480 e. The summed E-state index contributed by atoms with van der Waals surface area (Å²) in [4.78, 5) is 28.1. The summed E-state index contributed by atoms with van der Waals surface area (Å²) in [7, 11) is 0. The third kappa shape index (κ3) is 4.80. The number of carboxylic acids is 1. The van der Waals surface area contributed by atoms with Crippen molar-refractivity contribution in [1.82, 2.24) is 10.3 Å². The van der Waals surface area contributed by atoms with Crippen molar-refractivity contribution in [2.45, 2.75) is 12.5 Å². The van der Waals surface area contributed by atoms with Gasteiger partial charge in [-0.15, -0.1) is 0 Å². The van der Waals surface area contributed by atoms with Crippen molar-refractivity contribution in [2.24, 2.45) is 0 Å². The van der Waals surface area contributed by atoms with E-state index in [-0.39, 0.29) is 6.42 Å². The lowest BCUT2D eigenvalue weighted by Gasteiger charge is -2.15. The number of amides is 1.